The van der Waals surface area contributed by atoms with Crippen LogP contribution in [-0.4, -0.2) is 34.9 Å². The van der Waals surface area contributed by atoms with E-state index in [9.17, 15) is 0 Å². The smallest absolute Gasteiger partial charge is 0.0519 e. The van der Waals surface area contributed by atoms with E-state index < -0.39 is 0 Å². The zero-order chi connectivity index (χ0) is 10.8. The van der Waals surface area contributed by atoms with Gasteiger partial charge in [0, 0.05) is 17.8 Å². The summed E-state index contributed by atoms with van der Waals surface area (Å²) in [4.78, 5) is 0. The molecule has 2 fully saturated rings. The highest BCUT2D eigenvalue weighted by atomic mass is 15.1. The third-order valence-corrected chi connectivity index (χ3v) is 4.19. The van der Waals surface area contributed by atoms with Gasteiger partial charge in [0.15, 0.2) is 0 Å². The Kier molecular flexibility index (Phi) is 2.69. The van der Waals surface area contributed by atoms with Crippen LogP contribution in [0.15, 0.2) is 12.4 Å². The van der Waals surface area contributed by atoms with Gasteiger partial charge in [0.05, 0.1) is 6.20 Å². The van der Waals surface area contributed by atoms with E-state index >= 15 is 0 Å². The molecule has 0 radical (unpaired) electrons. The zero-order valence-corrected chi connectivity index (χ0v) is 9.63. The van der Waals surface area contributed by atoms with Crippen LogP contribution in [0.5, 0.6) is 0 Å². The molecular formula is C12H20N4. The molecule has 2 heterocycles. The van der Waals surface area contributed by atoms with Crippen LogP contribution in [0.2, 0.25) is 0 Å². The molecule has 0 bridgehead atoms. The van der Waals surface area contributed by atoms with E-state index in [0.29, 0.717) is 5.54 Å². The van der Waals surface area contributed by atoms with Crippen molar-refractivity contribution in [2.75, 3.05) is 13.1 Å². The van der Waals surface area contributed by atoms with Crippen molar-refractivity contribution in [3.8, 4) is 0 Å². The van der Waals surface area contributed by atoms with E-state index in [1.165, 1.54) is 37.8 Å². The monoisotopic (exact) mass is 220 g/mol. The summed E-state index contributed by atoms with van der Waals surface area (Å²) in [5, 5.41) is 14.2. The molecule has 3 rings (SSSR count). The molecule has 2 aliphatic rings. The van der Waals surface area contributed by atoms with Gasteiger partial charge in [-0.3, -0.25) is 5.10 Å². The van der Waals surface area contributed by atoms with Crippen LogP contribution in [0.3, 0.4) is 0 Å². The van der Waals surface area contributed by atoms with Crippen LogP contribution in [0.25, 0.3) is 0 Å². The van der Waals surface area contributed by atoms with Crippen molar-refractivity contribution in [2.24, 2.45) is 0 Å². The highest BCUT2D eigenvalue weighted by molar-refractivity contribution is 5.09. The van der Waals surface area contributed by atoms with Gasteiger partial charge >= 0.3 is 0 Å². The maximum atomic E-state index is 3.97. The number of hydrogen-bond acceptors (Lipinski definition) is 3. The molecule has 4 heteroatoms. The molecule has 1 aliphatic carbocycles. The Bertz CT molecular complexity index is 323. The van der Waals surface area contributed by atoms with Gasteiger partial charge in [-0.1, -0.05) is 0 Å². The van der Waals surface area contributed by atoms with Crippen molar-refractivity contribution in [3.05, 3.63) is 18.0 Å². The van der Waals surface area contributed by atoms with Crippen LogP contribution in [-0.2, 0) is 6.42 Å². The van der Waals surface area contributed by atoms with Gasteiger partial charge in [-0.2, -0.15) is 5.10 Å². The first kappa shape index (κ1) is 10.3. The summed E-state index contributed by atoms with van der Waals surface area (Å²) in [7, 11) is 0. The number of rotatable bonds is 4. The van der Waals surface area contributed by atoms with Gasteiger partial charge in [0.2, 0.25) is 0 Å². The molecule has 1 saturated heterocycles. The zero-order valence-electron chi connectivity index (χ0n) is 9.63. The third kappa shape index (κ3) is 1.76. The SMILES string of the molecule is c1n[nH]cc1CCNC12CCCC1NCC2. The number of aromatic nitrogens is 2. The van der Waals surface area contributed by atoms with Crippen molar-refractivity contribution < 1.29 is 0 Å². The molecule has 1 aliphatic heterocycles. The van der Waals surface area contributed by atoms with Crippen LogP contribution in [0.1, 0.15) is 31.2 Å². The predicted octanol–water partition coefficient (Wildman–Crippen LogP) is 0.826. The van der Waals surface area contributed by atoms with E-state index in [-0.39, 0.29) is 0 Å². The Hall–Kier alpha value is -0.870. The Morgan fingerprint density at radius 1 is 1.50 bits per heavy atom. The van der Waals surface area contributed by atoms with Gasteiger partial charge in [-0.25, -0.2) is 0 Å². The Morgan fingerprint density at radius 3 is 3.38 bits per heavy atom. The van der Waals surface area contributed by atoms with E-state index in [0.717, 1.165) is 19.0 Å². The topological polar surface area (TPSA) is 52.7 Å². The summed E-state index contributed by atoms with van der Waals surface area (Å²) >= 11 is 0. The molecular weight excluding hydrogens is 200 g/mol. The number of nitrogens with zero attached hydrogens (tertiary/aromatic N) is 1. The molecule has 1 saturated carbocycles. The average Bonchev–Trinajstić information content (AvgIpc) is 2.91. The summed E-state index contributed by atoms with van der Waals surface area (Å²) in [6.07, 6.45) is 10.3. The average molecular weight is 220 g/mol. The Labute approximate surface area is 96.2 Å². The first-order valence-corrected chi connectivity index (χ1v) is 6.35. The quantitative estimate of drug-likeness (QED) is 0.704. The lowest BCUT2D eigenvalue weighted by molar-refractivity contribution is 0.323. The predicted molar refractivity (Wildman–Crippen MR) is 63.3 cm³/mol. The summed E-state index contributed by atoms with van der Waals surface area (Å²) in [5.74, 6) is 0. The molecule has 2 atom stereocenters. The number of nitrogens with one attached hydrogen (secondary N) is 3. The third-order valence-electron chi connectivity index (χ3n) is 4.19. The van der Waals surface area contributed by atoms with Crippen LogP contribution >= 0.6 is 0 Å². The first-order chi connectivity index (χ1) is 7.89. The molecule has 1 aromatic rings. The molecule has 16 heavy (non-hydrogen) atoms. The van der Waals surface area contributed by atoms with Crippen molar-refractivity contribution in [3.63, 3.8) is 0 Å². The van der Waals surface area contributed by atoms with Gasteiger partial charge in [-0.15, -0.1) is 0 Å². The van der Waals surface area contributed by atoms with Crippen LogP contribution in [0.4, 0.5) is 0 Å². The van der Waals surface area contributed by atoms with Crippen molar-refractivity contribution in [1.29, 1.82) is 0 Å². The number of fused-ring (bicyclic) bond motifs is 1. The molecule has 0 spiro atoms. The molecule has 0 aromatic carbocycles. The number of H-pyrrole nitrogens is 1. The van der Waals surface area contributed by atoms with Gasteiger partial charge in [-0.05, 0) is 50.8 Å². The van der Waals surface area contributed by atoms with Gasteiger partial charge in [0.25, 0.3) is 0 Å². The van der Waals surface area contributed by atoms with Gasteiger partial charge in [0.1, 0.15) is 0 Å². The molecule has 88 valence electrons. The largest absolute Gasteiger partial charge is 0.312 e. The molecule has 4 nitrogen and oxygen atoms in total. The molecule has 3 N–H and O–H groups in total. The minimum Gasteiger partial charge on any atom is -0.312 e. The lowest BCUT2D eigenvalue weighted by Crippen LogP contribution is -2.50. The summed E-state index contributed by atoms with van der Waals surface area (Å²) in [6, 6.07) is 0.719. The van der Waals surface area contributed by atoms with E-state index in [4.69, 9.17) is 0 Å². The van der Waals surface area contributed by atoms with Crippen molar-refractivity contribution >= 4 is 0 Å². The standard InChI is InChI=1S/C12H20N4/c1-2-11-12(4-1,5-7-13-11)14-6-3-10-8-15-16-9-10/h8-9,11,13-14H,1-7H2,(H,15,16). The lowest BCUT2D eigenvalue weighted by Gasteiger charge is -2.30. The normalized spacial score (nSPS) is 33.1. The van der Waals surface area contributed by atoms with E-state index in [1.54, 1.807) is 0 Å². The highest BCUT2D eigenvalue weighted by Crippen LogP contribution is 2.36. The second-order valence-corrected chi connectivity index (χ2v) is 5.09. The fraction of sp³-hybridized carbons (Fsp3) is 0.750. The first-order valence-electron chi connectivity index (χ1n) is 6.35. The van der Waals surface area contributed by atoms with Crippen LogP contribution < -0.4 is 10.6 Å². The summed E-state index contributed by atoms with van der Waals surface area (Å²) in [5.41, 5.74) is 1.70. The Balaban J connectivity index is 1.54. The Morgan fingerprint density at radius 2 is 2.50 bits per heavy atom. The van der Waals surface area contributed by atoms with E-state index in [1.807, 2.05) is 12.4 Å². The summed E-state index contributed by atoms with van der Waals surface area (Å²) < 4.78 is 0. The van der Waals surface area contributed by atoms with Crippen molar-refractivity contribution in [2.45, 2.75) is 43.7 Å². The minimum absolute atomic E-state index is 0.406. The molecule has 0 amide bonds. The lowest BCUT2D eigenvalue weighted by atomic mass is 9.93. The fourth-order valence-corrected chi connectivity index (χ4v) is 3.31. The number of hydrogen-bond donors (Lipinski definition) is 3. The second kappa shape index (κ2) is 4.18. The van der Waals surface area contributed by atoms with Gasteiger partial charge < -0.3 is 10.6 Å². The second-order valence-electron chi connectivity index (χ2n) is 5.09. The molecule has 1 aromatic heterocycles. The van der Waals surface area contributed by atoms with E-state index in [2.05, 4.69) is 20.8 Å². The minimum atomic E-state index is 0.406. The van der Waals surface area contributed by atoms with Crippen LogP contribution in [0, 0.1) is 0 Å². The molecule has 2 unspecified atom stereocenters. The van der Waals surface area contributed by atoms with Crippen molar-refractivity contribution in [1.82, 2.24) is 20.8 Å². The fourth-order valence-electron chi connectivity index (χ4n) is 3.31. The highest BCUT2D eigenvalue weighted by Gasteiger charge is 2.45. The maximum absolute atomic E-state index is 3.97. The summed E-state index contributed by atoms with van der Waals surface area (Å²) in [6.45, 7) is 2.25. The maximum Gasteiger partial charge on any atom is 0.0519 e. The number of aromatic amines is 1.